The first-order valence-corrected chi connectivity index (χ1v) is 8.42. The lowest BCUT2D eigenvalue weighted by atomic mass is 9.80. The van der Waals surface area contributed by atoms with E-state index < -0.39 is 0 Å². The highest BCUT2D eigenvalue weighted by Crippen LogP contribution is 2.34. The van der Waals surface area contributed by atoms with Crippen molar-refractivity contribution in [2.75, 3.05) is 20.8 Å². The molecule has 1 aliphatic rings. The Bertz CT molecular complexity index is 659. The van der Waals surface area contributed by atoms with Crippen molar-refractivity contribution in [1.82, 2.24) is 29.6 Å². The van der Waals surface area contributed by atoms with Crippen molar-refractivity contribution < 1.29 is 4.74 Å². The van der Waals surface area contributed by atoms with Crippen molar-refractivity contribution in [3.05, 3.63) is 29.4 Å². The second-order valence-electron chi connectivity index (χ2n) is 6.73. The van der Waals surface area contributed by atoms with Crippen molar-refractivity contribution in [2.24, 2.45) is 5.73 Å². The van der Waals surface area contributed by atoms with E-state index in [1.807, 2.05) is 13.1 Å². The minimum absolute atomic E-state index is 0.302. The molecule has 0 spiro atoms. The summed E-state index contributed by atoms with van der Waals surface area (Å²) in [4.78, 5) is 9.80. The van der Waals surface area contributed by atoms with Gasteiger partial charge in [-0.3, -0.25) is 4.90 Å². The van der Waals surface area contributed by atoms with Crippen LogP contribution < -0.4 is 5.73 Å². The number of aromatic amines is 1. The molecule has 3 N–H and O–H groups in total. The number of hydrogen-bond donors (Lipinski definition) is 2. The maximum absolute atomic E-state index is 5.93. The molecular formula is C16H27N7O. The molecule has 24 heavy (non-hydrogen) atoms. The van der Waals surface area contributed by atoms with Crippen LogP contribution in [0.25, 0.3) is 0 Å². The van der Waals surface area contributed by atoms with Gasteiger partial charge in [0.2, 0.25) is 0 Å². The number of H-pyrrole nitrogens is 1. The first-order valence-electron chi connectivity index (χ1n) is 8.42. The summed E-state index contributed by atoms with van der Waals surface area (Å²) in [5.41, 5.74) is 7.01. The number of nitrogens with zero attached hydrogens (tertiary/aromatic N) is 5. The predicted octanol–water partition coefficient (Wildman–Crippen LogP) is 0.793. The average Bonchev–Trinajstić information content (AvgIpc) is 3.08. The number of rotatable bonds is 8. The molecule has 8 nitrogen and oxygen atoms in total. The number of ether oxygens (including phenoxy) is 1. The molecule has 1 saturated carbocycles. The molecule has 0 aromatic carbocycles. The quantitative estimate of drug-likeness (QED) is 0.741. The Kier molecular flexibility index (Phi) is 5.27. The van der Waals surface area contributed by atoms with Gasteiger partial charge in [-0.15, -0.1) is 10.2 Å². The number of nitrogens with two attached hydrogens (primary N) is 1. The highest BCUT2D eigenvalue weighted by Gasteiger charge is 2.32. The van der Waals surface area contributed by atoms with Gasteiger partial charge in [0.1, 0.15) is 17.5 Å². The third kappa shape index (κ3) is 3.82. The van der Waals surface area contributed by atoms with Crippen molar-refractivity contribution in [3.63, 3.8) is 0 Å². The van der Waals surface area contributed by atoms with E-state index in [1.165, 1.54) is 0 Å². The van der Waals surface area contributed by atoms with Gasteiger partial charge in [-0.25, -0.2) is 4.98 Å². The Morgan fingerprint density at radius 3 is 2.79 bits per heavy atom. The van der Waals surface area contributed by atoms with Crippen LogP contribution in [0.15, 0.2) is 6.20 Å². The molecule has 0 unspecified atom stereocenters. The molecule has 8 heteroatoms. The molecule has 1 fully saturated rings. The number of hydrogen-bond acceptors (Lipinski definition) is 6. The molecule has 2 aromatic rings. The molecular weight excluding hydrogens is 306 g/mol. The van der Waals surface area contributed by atoms with E-state index in [9.17, 15) is 0 Å². The van der Waals surface area contributed by atoms with E-state index >= 15 is 0 Å². The Morgan fingerprint density at radius 1 is 1.38 bits per heavy atom. The van der Waals surface area contributed by atoms with Crippen LogP contribution >= 0.6 is 0 Å². The van der Waals surface area contributed by atoms with Crippen molar-refractivity contribution >= 4 is 0 Å². The zero-order chi connectivity index (χ0) is 17.1. The van der Waals surface area contributed by atoms with Crippen molar-refractivity contribution in [3.8, 4) is 0 Å². The third-order valence-electron chi connectivity index (χ3n) is 4.50. The average molecular weight is 333 g/mol. The number of methoxy groups -OCH3 is 1. The molecule has 0 aliphatic heterocycles. The van der Waals surface area contributed by atoms with Crippen LogP contribution in [0.5, 0.6) is 0 Å². The molecule has 0 bridgehead atoms. The Balaban J connectivity index is 1.69. The Morgan fingerprint density at radius 2 is 2.17 bits per heavy atom. The lowest BCUT2D eigenvalue weighted by Gasteiger charge is -2.32. The maximum atomic E-state index is 5.93. The molecule has 0 atom stereocenters. The normalized spacial score (nSPS) is 20.5. The standard InChI is InChI=1S/C16H27N7O/c1-11-8-18-14(19-11)9-22(2)10-15-20-21-16(12-6-13(17)7-12)23(15)4-5-24-3/h8,12-13H,4-7,9-10,17H2,1-3H3,(H,18,19). The van der Waals surface area contributed by atoms with E-state index in [1.54, 1.807) is 7.11 Å². The molecule has 2 heterocycles. The zero-order valence-electron chi connectivity index (χ0n) is 14.7. The summed E-state index contributed by atoms with van der Waals surface area (Å²) in [6.45, 7) is 4.89. The molecule has 132 valence electrons. The summed E-state index contributed by atoms with van der Waals surface area (Å²) in [5, 5.41) is 8.87. The fourth-order valence-corrected chi connectivity index (χ4v) is 3.17. The van der Waals surface area contributed by atoms with Gasteiger partial charge in [0, 0.05) is 37.5 Å². The summed E-state index contributed by atoms with van der Waals surface area (Å²) in [6, 6.07) is 0.302. The van der Waals surface area contributed by atoms with Gasteiger partial charge >= 0.3 is 0 Å². The summed E-state index contributed by atoms with van der Waals surface area (Å²) < 4.78 is 7.45. The molecule has 3 rings (SSSR count). The third-order valence-corrected chi connectivity index (χ3v) is 4.50. The van der Waals surface area contributed by atoms with Crippen molar-refractivity contribution in [1.29, 1.82) is 0 Å². The smallest absolute Gasteiger partial charge is 0.147 e. The number of imidazole rings is 1. The van der Waals surface area contributed by atoms with Gasteiger partial charge in [0.25, 0.3) is 0 Å². The Hall–Kier alpha value is -1.77. The highest BCUT2D eigenvalue weighted by molar-refractivity contribution is 5.09. The minimum Gasteiger partial charge on any atom is -0.383 e. The first-order chi connectivity index (χ1) is 11.6. The molecule has 2 aromatic heterocycles. The lowest BCUT2D eigenvalue weighted by Crippen LogP contribution is -2.36. The molecule has 0 saturated heterocycles. The number of nitrogens with one attached hydrogen (secondary N) is 1. The van der Waals surface area contributed by atoms with Gasteiger partial charge in [-0.1, -0.05) is 0 Å². The van der Waals surface area contributed by atoms with Gasteiger partial charge in [-0.05, 0) is 26.8 Å². The fourth-order valence-electron chi connectivity index (χ4n) is 3.17. The van der Waals surface area contributed by atoms with Crippen LogP contribution in [0.3, 0.4) is 0 Å². The Labute approximate surface area is 142 Å². The van der Waals surface area contributed by atoms with E-state index in [0.29, 0.717) is 18.6 Å². The van der Waals surface area contributed by atoms with Crippen LogP contribution in [0.2, 0.25) is 0 Å². The predicted molar refractivity (Wildman–Crippen MR) is 90.3 cm³/mol. The fraction of sp³-hybridized carbons (Fsp3) is 0.688. The van der Waals surface area contributed by atoms with Gasteiger partial charge in [-0.2, -0.15) is 0 Å². The molecule has 1 aliphatic carbocycles. The summed E-state index contributed by atoms with van der Waals surface area (Å²) in [6.07, 6.45) is 3.83. The summed E-state index contributed by atoms with van der Waals surface area (Å²) >= 11 is 0. The maximum Gasteiger partial charge on any atom is 0.147 e. The summed E-state index contributed by atoms with van der Waals surface area (Å²) in [7, 11) is 3.78. The lowest BCUT2D eigenvalue weighted by molar-refractivity contribution is 0.181. The van der Waals surface area contributed by atoms with Crippen LogP contribution in [-0.2, 0) is 24.4 Å². The SMILES string of the molecule is COCCn1c(CN(C)Cc2ncc(C)[nH]2)nnc1C1CC(N)C1. The minimum atomic E-state index is 0.302. The van der Waals surface area contributed by atoms with Crippen LogP contribution in [0.1, 0.15) is 41.9 Å². The van der Waals surface area contributed by atoms with Crippen LogP contribution in [0.4, 0.5) is 0 Å². The van der Waals surface area contributed by atoms with E-state index in [-0.39, 0.29) is 0 Å². The first kappa shape index (κ1) is 17.1. The van der Waals surface area contributed by atoms with Gasteiger partial charge in [0.05, 0.1) is 19.7 Å². The zero-order valence-corrected chi connectivity index (χ0v) is 14.7. The van der Waals surface area contributed by atoms with Crippen molar-refractivity contribution in [2.45, 2.75) is 51.4 Å². The second-order valence-corrected chi connectivity index (χ2v) is 6.73. The summed E-state index contributed by atoms with van der Waals surface area (Å²) in [5.74, 6) is 3.40. The largest absolute Gasteiger partial charge is 0.383 e. The number of aromatic nitrogens is 5. The van der Waals surface area contributed by atoms with Crippen LogP contribution in [0, 0.1) is 6.92 Å². The second kappa shape index (κ2) is 7.42. The molecule has 0 amide bonds. The topological polar surface area (TPSA) is 97.9 Å². The van der Waals surface area contributed by atoms with Gasteiger partial charge < -0.3 is 20.0 Å². The van der Waals surface area contributed by atoms with Gasteiger partial charge in [0.15, 0.2) is 0 Å². The molecule has 0 radical (unpaired) electrons. The van der Waals surface area contributed by atoms with E-state index in [2.05, 4.69) is 36.7 Å². The monoisotopic (exact) mass is 333 g/mol. The van der Waals surface area contributed by atoms with E-state index in [0.717, 1.165) is 55.6 Å². The number of aryl methyl sites for hydroxylation is 1. The highest BCUT2D eigenvalue weighted by atomic mass is 16.5. The van der Waals surface area contributed by atoms with Crippen LogP contribution in [-0.4, -0.2) is 56.4 Å². The van der Waals surface area contributed by atoms with E-state index in [4.69, 9.17) is 10.5 Å².